The molecular formula is C25H39N. The van der Waals surface area contributed by atoms with Gasteiger partial charge in [0.05, 0.1) is 0 Å². The van der Waals surface area contributed by atoms with Gasteiger partial charge in [-0.05, 0) is 76.9 Å². The highest BCUT2D eigenvalue weighted by molar-refractivity contribution is 5.21. The van der Waals surface area contributed by atoms with E-state index in [1.165, 1.54) is 87.6 Å². The van der Waals surface area contributed by atoms with Gasteiger partial charge >= 0.3 is 0 Å². The Morgan fingerprint density at radius 3 is 2.19 bits per heavy atom. The molecule has 0 N–H and O–H groups in total. The molecule has 0 aromatic heterocycles. The average molecular weight is 354 g/mol. The maximum Gasteiger partial charge on any atom is 0.0283 e. The van der Waals surface area contributed by atoms with Gasteiger partial charge in [-0.1, -0.05) is 73.6 Å². The van der Waals surface area contributed by atoms with E-state index >= 15 is 0 Å². The molecule has 1 nitrogen and oxygen atoms in total. The van der Waals surface area contributed by atoms with Gasteiger partial charge in [0.15, 0.2) is 0 Å². The van der Waals surface area contributed by atoms with Crippen molar-refractivity contribution in [3.05, 3.63) is 47.0 Å². The van der Waals surface area contributed by atoms with Crippen molar-refractivity contribution < 1.29 is 0 Å². The molecule has 1 saturated heterocycles. The summed E-state index contributed by atoms with van der Waals surface area (Å²) in [7, 11) is 0. The lowest BCUT2D eigenvalue weighted by molar-refractivity contribution is 0.106. The van der Waals surface area contributed by atoms with E-state index in [-0.39, 0.29) is 0 Å². The van der Waals surface area contributed by atoms with Crippen LogP contribution in [0.2, 0.25) is 0 Å². The third-order valence-corrected chi connectivity index (χ3v) is 6.73. The fraction of sp³-hybridized carbons (Fsp3) is 0.680. The van der Waals surface area contributed by atoms with Crippen LogP contribution in [0, 0.1) is 18.8 Å². The normalized spacial score (nSPS) is 21.5. The highest BCUT2D eigenvalue weighted by Crippen LogP contribution is 2.36. The second-order valence-electron chi connectivity index (χ2n) is 9.11. The highest BCUT2D eigenvalue weighted by Gasteiger charge is 2.29. The van der Waals surface area contributed by atoms with Gasteiger partial charge in [0.1, 0.15) is 0 Å². The van der Waals surface area contributed by atoms with Crippen LogP contribution < -0.4 is 0 Å². The van der Waals surface area contributed by atoms with Crippen molar-refractivity contribution in [2.24, 2.45) is 11.8 Å². The second-order valence-corrected chi connectivity index (χ2v) is 9.11. The highest BCUT2D eigenvalue weighted by atomic mass is 15.2. The first-order valence-corrected chi connectivity index (χ1v) is 11.1. The summed E-state index contributed by atoms with van der Waals surface area (Å²) in [4.78, 5) is 2.78. The maximum atomic E-state index is 2.78. The summed E-state index contributed by atoms with van der Waals surface area (Å²) in [6.07, 6.45) is 15.3. The summed E-state index contributed by atoms with van der Waals surface area (Å²) < 4.78 is 0. The van der Waals surface area contributed by atoms with Crippen LogP contribution in [0.15, 0.2) is 35.9 Å². The molecule has 1 heterocycles. The van der Waals surface area contributed by atoms with Crippen LogP contribution >= 0.6 is 0 Å². The van der Waals surface area contributed by atoms with E-state index in [2.05, 4.69) is 56.0 Å². The van der Waals surface area contributed by atoms with Crippen molar-refractivity contribution in [3.8, 4) is 0 Å². The number of allylic oxidation sites excluding steroid dienone is 1. The molecule has 144 valence electrons. The molecule has 1 saturated carbocycles. The fourth-order valence-electron chi connectivity index (χ4n) is 5.15. The molecule has 1 unspecified atom stereocenters. The van der Waals surface area contributed by atoms with Crippen molar-refractivity contribution in [2.45, 2.75) is 84.6 Å². The quantitative estimate of drug-likeness (QED) is 0.524. The third-order valence-electron chi connectivity index (χ3n) is 6.73. The number of hydrogen-bond donors (Lipinski definition) is 0. The molecule has 2 aliphatic rings. The van der Waals surface area contributed by atoms with Crippen molar-refractivity contribution in [1.29, 1.82) is 0 Å². The first kappa shape index (κ1) is 19.7. The van der Waals surface area contributed by atoms with Crippen molar-refractivity contribution in [3.63, 3.8) is 0 Å². The Hall–Kier alpha value is -1.08. The van der Waals surface area contributed by atoms with Crippen LogP contribution in [0.1, 0.15) is 76.3 Å². The minimum absolute atomic E-state index is 0.619. The lowest BCUT2D eigenvalue weighted by atomic mass is 9.75. The van der Waals surface area contributed by atoms with Gasteiger partial charge in [0, 0.05) is 6.04 Å². The Bertz CT molecular complexity index is 552. The molecule has 0 radical (unpaired) electrons. The Labute approximate surface area is 161 Å². The number of nitrogens with zero attached hydrogens (tertiary/aromatic N) is 1. The lowest BCUT2D eigenvalue weighted by Crippen LogP contribution is -2.42. The molecule has 1 aliphatic heterocycles. The summed E-state index contributed by atoms with van der Waals surface area (Å²) in [6.45, 7) is 9.31. The van der Waals surface area contributed by atoms with Crippen LogP contribution in [0.3, 0.4) is 0 Å². The molecule has 1 aromatic rings. The van der Waals surface area contributed by atoms with Crippen LogP contribution in [-0.4, -0.2) is 24.0 Å². The fourth-order valence-corrected chi connectivity index (χ4v) is 5.15. The summed E-state index contributed by atoms with van der Waals surface area (Å²) in [6, 6.07) is 9.74. The van der Waals surface area contributed by atoms with Crippen molar-refractivity contribution in [2.75, 3.05) is 13.1 Å². The van der Waals surface area contributed by atoms with E-state index in [0.29, 0.717) is 6.04 Å². The monoisotopic (exact) mass is 353 g/mol. The van der Waals surface area contributed by atoms with Gasteiger partial charge in [-0.2, -0.15) is 0 Å². The Kier molecular flexibility index (Phi) is 7.37. The predicted octanol–water partition coefficient (Wildman–Crippen LogP) is 6.55. The first-order chi connectivity index (χ1) is 12.6. The van der Waals surface area contributed by atoms with E-state index in [0.717, 1.165) is 11.8 Å². The first-order valence-electron chi connectivity index (χ1n) is 11.1. The lowest BCUT2D eigenvalue weighted by Gasteiger charge is -2.40. The van der Waals surface area contributed by atoms with Gasteiger partial charge in [0.25, 0.3) is 0 Å². The van der Waals surface area contributed by atoms with E-state index in [1.54, 1.807) is 0 Å². The minimum Gasteiger partial charge on any atom is -0.297 e. The standard InChI is InChI=1S/C25H39N/c1-20(2)19-25(14-13-22-11-9-21(3)10-12-22)26-17-15-24(16-18-26)23-7-5-4-6-8-23/h9-12,19,23-25H,4-8,13-18H2,1-3H3. The molecule has 1 aliphatic carbocycles. The van der Waals surface area contributed by atoms with Gasteiger partial charge in [-0.25, -0.2) is 0 Å². The van der Waals surface area contributed by atoms with Crippen molar-refractivity contribution in [1.82, 2.24) is 4.90 Å². The zero-order valence-corrected chi connectivity index (χ0v) is 17.3. The SMILES string of the molecule is CC(C)=CC(CCc1ccc(C)cc1)N1CCC(C2CCCCC2)CC1. The molecular weight excluding hydrogens is 314 g/mol. The number of likely N-dealkylation sites (tertiary alicyclic amines) is 1. The Morgan fingerprint density at radius 2 is 1.58 bits per heavy atom. The topological polar surface area (TPSA) is 3.24 Å². The summed E-state index contributed by atoms with van der Waals surface area (Å²) in [5.41, 5.74) is 4.31. The number of rotatable bonds is 6. The largest absolute Gasteiger partial charge is 0.297 e. The van der Waals surface area contributed by atoms with E-state index in [4.69, 9.17) is 0 Å². The predicted molar refractivity (Wildman–Crippen MR) is 114 cm³/mol. The molecule has 0 bridgehead atoms. The maximum absolute atomic E-state index is 2.78. The van der Waals surface area contributed by atoms with Crippen LogP contribution in [0.4, 0.5) is 0 Å². The number of benzene rings is 1. The zero-order valence-electron chi connectivity index (χ0n) is 17.3. The molecule has 1 atom stereocenters. The Balaban J connectivity index is 1.54. The van der Waals surface area contributed by atoms with Crippen LogP contribution in [0.5, 0.6) is 0 Å². The Morgan fingerprint density at radius 1 is 0.962 bits per heavy atom. The molecule has 1 heteroatoms. The molecule has 26 heavy (non-hydrogen) atoms. The minimum atomic E-state index is 0.619. The van der Waals surface area contributed by atoms with E-state index in [1.807, 2.05) is 0 Å². The molecule has 3 rings (SSSR count). The van der Waals surface area contributed by atoms with Gasteiger partial charge in [-0.3, -0.25) is 4.90 Å². The van der Waals surface area contributed by atoms with E-state index < -0.39 is 0 Å². The second kappa shape index (κ2) is 9.74. The van der Waals surface area contributed by atoms with Crippen molar-refractivity contribution >= 4 is 0 Å². The molecule has 0 spiro atoms. The van der Waals surface area contributed by atoms with Crippen LogP contribution in [0.25, 0.3) is 0 Å². The molecule has 0 amide bonds. The molecule has 1 aromatic carbocycles. The zero-order chi connectivity index (χ0) is 18.4. The van der Waals surface area contributed by atoms with Gasteiger partial charge < -0.3 is 0 Å². The summed E-state index contributed by atoms with van der Waals surface area (Å²) in [5, 5.41) is 0. The number of piperidine rings is 1. The summed E-state index contributed by atoms with van der Waals surface area (Å²) >= 11 is 0. The van der Waals surface area contributed by atoms with Crippen LogP contribution in [-0.2, 0) is 6.42 Å². The third kappa shape index (κ3) is 5.71. The smallest absolute Gasteiger partial charge is 0.0283 e. The average Bonchev–Trinajstić information content (AvgIpc) is 2.67. The van der Waals surface area contributed by atoms with E-state index in [9.17, 15) is 0 Å². The van der Waals surface area contributed by atoms with Gasteiger partial charge in [-0.15, -0.1) is 0 Å². The number of aryl methyl sites for hydroxylation is 2. The number of hydrogen-bond acceptors (Lipinski definition) is 1. The summed E-state index contributed by atoms with van der Waals surface area (Å²) in [5.74, 6) is 2.05. The van der Waals surface area contributed by atoms with Gasteiger partial charge in [0.2, 0.25) is 0 Å². The molecule has 2 fully saturated rings.